The number of nitrogens with zero attached hydrogens (tertiary/aromatic N) is 1. The maximum Gasteiger partial charge on any atom is 0.251 e. The smallest absolute Gasteiger partial charge is 0.251 e. The highest BCUT2D eigenvalue weighted by Gasteiger charge is 2.35. The zero-order valence-electron chi connectivity index (χ0n) is 15.7. The first kappa shape index (κ1) is 17.7. The number of primary amides is 1. The molecule has 0 spiro atoms. The minimum Gasteiger partial charge on any atom is -0.368 e. The van der Waals surface area contributed by atoms with E-state index in [1.54, 1.807) is 0 Å². The molecule has 0 bridgehead atoms. The van der Waals surface area contributed by atoms with Gasteiger partial charge in [0.05, 0.1) is 16.8 Å². The molecule has 0 saturated carbocycles. The molecular formula is C22H25N3O2. The monoisotopic (exact) mass is 363 g/mol. The Morgan fingerprint density at radius 1 is 1.15 bits per heavy atom. The van der Waals surface area contributed by atoms with Crippen LogP contribution in [0.2, 0.25) is 0 Å². The zero-order chi connectivity index (χ0) is 19.0. The summed E-state index contributed by atoms with van der Waals surface area (Å²) in [6.07, 6.45) is 2.81. The second kappa shape index (κ2) is 7.16. The van der Waals surface area contributed by atoms with Crippen LogP contribution >= 0.6 is 0 Å². The van der Waals surface area contributed by atoms with Crippen molar-refractivity contribution in [3.8, 4) is 11.1 Å². The molecule has 140 valence electrons. The minimum absolute atomic E-state index is 0.00123. The third kappa shape index (κ3) is 2.92. The van der Waals surface area contributed by atoms with Gasteiger partial charge >= 0.3 is 0 Å². The molecule has 1 saturated heterocycles. The fourth-order valence-electron chi connectivity index (χ4n) is 4.26. The number of rotatable bonds is 5. The zero-order valence-corrected chi connectivity index (χ0v) is 15.7. The summed E-state index contributed by atoms with van der Waals surface area (Å²) in [4.78, 5) is 27.9. The summed E-state index contributed by atoms with van der Waals surface area (Å²) in [5, 5.41) is 3.34. The highest BCUT2D eigenvalue weighted by molar-refractivity contribution is 6.26. The van der Waals surface area contributed by atoms with Gasteiger partial charge in [-0.3, -0.25) is 9.59 Å². The van der Waals surface area contributed by atoms with Crippen LogP contribution < -0.4 is 16.0 Å². The lowest BCUT2D eigenvalue weighted by atomic mass is 9.91. The number of aryl methyl sites for hydroxylation is 1. The Kier molecular flexibility index (Phi) is 4.70. The number of unbranched alkanes of at least 4 members (excludes halogenated alkanes) is 1. The molecule has 27 heavy (non-hydrogen) atoms. The normalized spacial score (nSPS) is 15.6. The van der Waals surface area contributed by atoms with Gasteiger partial charge in [0.25, 0.3) is 5.91 Å². The summed E-state index contributed by atoms with van der Waals surface area (Å²) in [5.74, 6) is -0.445. The van der Waals surface area contributed by atoms with Crippen molar-refractivity contribution < 1.29 is 9.59 Å². The Morgan fingerprint density at radius 3 is 2.52 bits per heavy atom. The van der Waals surface area contributed by atoms with Gasteiger partial charge < -0.3 is 16.0 Å². The maximum absolute atomic E-state index is 13.3. The van der Waals surface area contributed by atoms with Gasteiger partial charge in [-0.1, -0.05) is 37.6 Å². The van der Waals surface area contributed by atoms with Crippen molar-refractivity contribution in [3.05, 3.63) is 52.6 Å². The van der Waals surface area contributed by atoms with Gasteiger partial charge in [0.2, 0.25) is 0 Å². The van der Waals surface area contributed by atoms with Crippen molar-refractivity contribution >= 4 is 17.4 Å². The molecule has 5 nitrogen and oxygen atoms in total. The van der Waals surface area contributed by atoms with E-state index in [4.69, 9.17) is 5.73 Å². The third-order valence-electron chi connectivity index (χ3n) is 5.55. The van der Waals surface area contributed by atoms with Crippen LogP contribution in [-0.2, 0) is 6.42 Å². The topological polar surface area (TPSA) is 75.4 Å². The van der Waals surface area contributed by atoms with E-state index in [1.165, 1.54) is 0 Å². The number of nitrogens with two attached hydrogens (primary N) is 1. The Labute approximate surface area is 159 Å². The fraction of sp³-hybridized carbons (Fsp3) is 0.364. The second-order valence-electron chi connectivity index (χ2n) is 7.26. The molecule has 1 aliphatic heterocycles. The Balaban J connectivity index is 2.00. The van der Waals surface area contributed by atoms with Crippen molar-refractivity contribution in [2.75, 3.05) is 31.1 Å². The van der Waals surface area contributed by atoms with Crippen LogP contribution in [0.3, 0.4) is 0 Å². The first-order valence-electron chi connectivity index (χ1n) is 9.73. The largest absolute Gasteiger partial charge is 0.368 e. The number of ketones is 1. The van der Waals surface area contributed by atoms with Crippen molar-refractivity contribution in [3.63, 3.8) is 0 Å². The van der Waals surface area contributed by atoms with Crippen molar-refractivity contribution in [2.45, 2.75) is 26.2 Å². The van der Waals surface area contributed by atoms with Crippen LogP contribution in [0.15, 0.2) is 30.3 Å². The molecule has 2 aromatic carbocycles. The van der Waals surface area contributed by atoms with Gasteiger partial charge in [0.1, 0.15) is 0 Å². The molecule has 0 aromatic heterocycles. The molecule has 0 radical (unpaired) electrons. The van der Waals surface area contributed by atoms with Gasteiger partial charge in [0, 0.05) is 31.7 Å². The summed E-state index contributed by atoms with van der Waals surface area (Å²) in [6, 6.07) is 9.74. The van der Waals surface area contributed by atoms with E-state index in [2.05, 4.69) is 17.1 Å². The van der Waals surface area contributed by atoms with E-state index in [0.717, 1.165) is 67.8 Å². The van der Waals surface area contributed by atoms with Gasteiger partial charge in [0.15, 0.2) is 5.78 Å². The molecule has 2 aromatic rings. The van der Waals surface area contributed by atoms with E-state index in [-0.39, 0.29) is 5.78 Å². The maximum atomic E-state index is 13.3. The predicted octanol–water partition coefficient (Wildman–Crippen LogP) is 2.75. The number of nitrogens with one attached hydrogen (secondary N) is 1. The summed E-state index contributed by atoms with van der Waals surface area (Å²) < 4.78 is 0. The van der Waals surface area contributed by atoms with Crippen LogP contribution in [0.1, 0.15) is 51.6 Å². The van der Waals surface area contributed by atoms with Gasteiger partial charge in [-0.2, -0.15) is 0 Å². The van der Waals surface area contributed by atoms with Crippen molar-refractivity contribution in [2.24, 2.45) is 5.73 Å². The summed E-state index contributed by atoms with van der Waals surface area (Å²) in [7, 11) is 0. The number of hydrogen-bond donors (Lipinski definition) is 2. The fourth-order valence-corrected chi connectivity index (χ4v) is 4.26. The van der Waals surface area contributed by atoms with Crippen LogP contribution in [0.25, 0.3) is 11.1 Å². The van der Waals surface area contributed by atoms with Gasteiger partial charge in [-0.05, 0) is 35.6 Å². The van der Waals surface area contributed by atoms with Crippen LogP contribution in [0, 0.1) is 0 Å². The lowest BCUT2D eigenvalue weighted by Gasteiger charge is -2.33. The SMILES string of the molecule is CCCCc1cc2c(c(N3CCNCC3)c1C(N)=O)C(=O)c1ccccc1-2. The summed E-state index contributed by atoms with van der Waals surface area (Å²) in [5.41, 5.74) is 11.3. The number of carbonyl (C=O) groups excluding carboxylic acids is 2. The van der Waals surface area contributed by atoms with Crippen molar-refractivity contribution in [1.82, 2.24) is 5.32 Å². The average Bonchev–Trinajstić information content (AvgIpc) is 2.98. The number of fused-ring (bicyclic) bond motifs is 3. The molecule has 1 amide bonds. The van der Waals surface area contributed by atoms with Crippen molar-refractivity contribution in [1.29, 1.82) is 0 Å². The highest BCUT2D eigenvalue weighted by Crippen LogP contribution is 2.44. The number of amides is 1. The molecule has 1 heterocycles. The minimum atomic E-state index is -0.443. The first-order valence-corrected chi connectivity index (χ1v) is 9.73. The third-order valence-corrected chi connectivity index (χ3v) is 5.55. The van der Waals surface area contributed by atoms with Crippen LogP contribution in [-0.4, -0.2) is 37.9 Å². The standard InChI is InChI=1S/C22H25N3O2/c1-2-3-6-14-13-17-15-7-4-5-8-16(15)21(26)19(17)20(18(14)22(23)27)25-11-9-24-10-12-25/h4-5,7-8,13,24H,2-3,6,9-12H2,1H3,(H2,23,27). The van der Waals surface area contributed by atoms with E-state index in [0.29, 0.717) is 16.7 Å². The lowest BCUT2D eigenvalue weighted by molar-refractivity contribution is 0.0999. The van der Waals surface area contributed by atoms with Crippen LogP contribution in [0.4, 0.5) is 5.69 Å². The molecule has 0 unspecified atom stereocenters. The Hall–Kier alpha value is -2.66. The number of piperazine rings is 1. The van der Waals surface area contributed by atoms with E-state index < -0.39 is 5.91 Å². The molecule has 0 atom stereocenters. The summed E-state index contributed by atoms with van der Waals surface area (Å²) >= 11 is 0. The van der Waals surface area contributed by atoms with E-state index in [9.17, 15) is 9.59 Å². The first-order chi connectivity index (χ1) is 13.1. The quantitative estimate of drug-likeness (QED) is 0.731. The van der Waals surface area contributed by atoms with E-state index in [1.807, 2.05) is 30.3 Å². The number of carbonyl (C=O) groups is 2. The Morgan fingerprint density at radius 2 is 1.85 bits per heavy atom. The second-order valence-corrected chi connectivity index (χ2v) is 7.26. The van der Waals surface area contributed by atoms with E-state index >= 15 is 0 Å². The lowest BCUT2D eigenvalue weighted by Crippen LogP contribution is -2.45. The van der Waals surface area contributed by atoms with Gasteiger partial charge in [-0.25, -0.2) is 0 Å². The average molecular weight is 363 g/mol. The molecule has 1 fully saturated rings. The summed E-state index contributed by atoms with van der Waals surface area (Å²) in [6.45, 7) is 5.30. The molecule has 2 aliphatic rings. The number of benzene rings is 2. The molecule has 1 aliphatic carbocycles. The Bertz CT molecular complexity index is 914. The molecule has 4 rings (SSSR count). The van der Waals surface area contributed by atoms with Gasteiger partial charge in [-0.15, -0.1) is 0 Å². The van der Waals surface area contributed by atoms with Crippen LogP contribution in [0.5, 0.6) is 0 Å². The number of hydrogen-bond acceptors (Lipinski definition) is 4. The molecule has 3 N–H and O–H groups in total. The highest BCUT2D eigenvalue weighted by atomic mass is 16.1. The molecule has 5 heteroatoms. The number of anilines is 1. The molecular weight excluding hydrogens is 338 g/mol. The predicted molar refractivity (Wildman–Crippen MR) is 108 cm³/mol.